The first-order valence-electron chi connectivity index (χ1n) is 8.65. The van der Waals surface area contributed by atoms with Crippen molar-refractivity contribution in [3.05, 3.63) is 0 Å². The zero-order chi connectivity index (χ0) is 19.0. The maximum Gasteiger partial charge on any atom is 0.305 e. The number of hydrogen-bond acceptors (Lipinski definition) is 8. The van der Waals surface area contributed by atoms with Gasteiger partial charge in [0.15, 0.2) is 6.29 Å². The lowest BCUT2D eigenvalue weighted by molar-refractivity contribution is -0.312. The Morgan fingerprint density at radius 1 is 1.16 bits per heavy atom. The Kier molecular flexibility index (Phi) is 9.80. The van der Waals surface area contributed by atoms with Gasteiger partial charge < -0.3 is 40.1 Å². The van der Waals surface area contributed by atoms with Crippen molar-refractivity contribution in [3.8, 4) is 0 Å². The van der Waals surface area contributed by atoms with Crippen LogP contribution in [0, 0.1) is 0 Å². The Balaban J connectivity index is 2.67. The van der Waals surface area contributed by atoms with Gasteiger partial charge in [-0.25, -0.2) is 0 Å². The van der Waals surface area contributed by atoms with Crippen molar-refractivity contribution in [2.45, 2.75) is 88.4 Å². The molecule has 0 bridgehead atoms. The number of carboxylic acids is 1. The summed E-state index contributed by atoms with van der Waals surface area (Å²) in [4.78, 5) is 11.0. The van der Waals surface area contributed by atoms with Crippen LogP contribution in [0.1, 0.15) is 45.4 Å². The summed E-state index contributed by atoms with van der Waals surface area (Å²) in [5.41, 5.74) is 0. The van der Waals surface area contributed by atoms with Gasteiger partial charge in [0, 0.05) is 6.42 Å². The Labute approximate surface area is 146 Å². The first-order chi connectivity index (χ1) is 11.8. The van der Waals surface area contributed by atoms with E-state index in [-0.39, 0.29) is 6.42 Å². The molecule has 6 N–H and O–H groups in total. The SMILES string of the molecule is CCCCC[C@@H](O)C[C@H](CC(=O)O)O[C@H]1O[C@@H](CO)[C@@H](O)[C@@H](O)[C@H]1O. The van der Waals surface area contributed by atoms with E-state index in [2.05, 4.69) is 0 Å². The molecule has 1 aliphatic rings. The number of aliphatic hydroxyl groups excluding tert-OH is 5. The van der Waals surface area contributed by atoms with Crippen molar-refractivity contribution in [3.63, 3.8) is 0 Å². The van der Waals surface area contributed by atoms with Gasteiger partial charge in [-0.15, -0.1) is 0 Å². The molecule has 0 aliphatic carbocycles. The van der Waals surface area contributed by atoms with E-state index in [0.29, 0.717) is 6.42 Å². The summed E-state index contributed by atoms with van der Waals surface area (Å²) in [6, 6.07) is 0. The first kappa shape index (κ1) is 22.2. The molecule has 1 heterocycles. The van der Waals surface area contributed by atoms with Crippen LogP contribution in [0.4, 0.5) is 0 Å². The monoisotopic (exact) mass is 366 g/mol. The van der Waals surface area contributed by atoms with Gasteiger partial charge in [0.05, 0.1) is 25.2 Å². The molecule has 25 heavy (non-hydrogen) atoms. The van der Waals surface area contributed by atoms with Gasteiger partial charge in [0.1, 0.15) is 24.4 Å². The number of aliphatic hydroxyl groups is 5. The van der Waals surface area contributed by atoms with Gasteiger partial charge in [0.25, 0.3) is 0 Å². The average molecular weight is 366 g/mol. The minimum Gasteiger partial charge on any atom is -0.481 e. The van der Waals surface area contributed by atoms with E-state index in [1.807, 2.05) is 6.92 Å². The maximum absolute atomic E-state index is 11.0. The molecule has 0 spiro atoms. The molecule has 0 unspecified atom stereocenters. The van der Waals surface area contributed by atoms with Gasteiger partial charge in [0.2, 0.25) is 0 Å². The van der Waals surface area contributed by atoms with Crippen molar-refractivity contribution in [1.82, 2.24) is 0 Å². The molecule has 9 nitrogen and oxygen atoms in total. The Morgan fingerprint density at radius 2 is 1.84 bits per heavy atom. The average Bonchev–Trinajstić information content (AvgIpc) is 2.55. The van der Waals surface area contributed by atoms with Crippen LogP contribution in [0.15, 0.2) is 0 Å². The molecule has 0 aromatic carbocycles. The summed E-state index contributed by atoms with van der Waals surface area (Å²) in [6.07, 6.45) is -6.12. The predicted octanol–water partition coefficient (Wildman–Crippen LogP) is -1.02. The van der Waals surface area contributed by atoms with Gasteiger partial charge in [-0.3, -0.25) is 4.79 Å². The number of aliphatic carboxylic acids is 1. The molecule has 0 aromatic rings. The highest BCUT2D eigenvalue weighted by molar-refractivity contribution is 5.67. The van der Waals surface area contributed by atoms with Crippen molar-refractivity contribution in [2.75, 3.05) is 6.61 Å². The highest BCUT2D eigenvalue weighted by Gasteiger charge is 2.45. The van der Waals surface area contributed by atoms with E-state index >= 15 is 0 Å². The van der Waals surface area contributed by atoms with Gasteiger partial charge in [-0.2, -0.15) is 0 Å². The zero-order valence-corrected chi connectivity index (χ0v) is 14.4. The third-order valence-corrected chi connectivity index (χ3v) is 4.25. The summed E-state index contributed by atoms with van der Waals surface area (Å²) < 4.78 is 10.7. The van der Waals surface area contributed by atoms with Crippen LogP contribution in [0.25, 0.3) is 0 Å². The smallest absolute Gasteiger partial charge is 0.305 e. The summed E-state index contributed by atoms with van der Waals surface area (Å²) in [5.74, 6) is -1.14. The lowest BCUT2D eigenvalue weighted by Crippen LogP contribution is -2.59. The molecule has 0 amide bonds. The Morgan fingerprint density at radius 3 is 2.40 bits per heavy atom. The summed E-state index contributed by atoms with van der Waals surface area (Å²) >= 11 is 0. The molecule has 148 valence electrons. The molecule has 0 saturated carbocycles. The molecule has 1 fully saturated rings. The fraction of sp³-hybridized carbons (Fsp3) is 0.938. The zero-order valence-electron chi connectivity index (χ0n) is 14.4. The largest absolute Gasteiger partial charge is 0.481 e. The van der Waals surface area contributed by atoms with E-state index in [4.69, 9.17) is 19.7 Å². The maximum atomic E-state index is 11.0. The van der Waals surface area contributed by atoms with Crippen LogP contribution in [0.3, 0.4) is 0 Å². The second-order valence-electron chi connectivity index (χ2n) is 6.44. The van der Waals surface area contributed by atoms with E-state index in [9.17, 15) is 25.2 Å². The number of rotatable bonds is 11. The molecule has 0 aromatic heterocycles. The van der Waals surface area contributed by atoms with Crippen molar-refractivity contribution in [2.24, 2.45) is 0 Å². The molecular weight excluding hydrogens is 336 g/mol. The van der Waals surface area contributed by atoms with Crippen molar-refractivity contribution < 1.29 is 44.9 Å². The second kappa shape index (κ2) is 11.0. The first-order valence-corrected chi connectivity index (χ1v) is 8.65. The minimum absolute atomic E-state index is 0.0328. The van der Waals surface area contributed by atoms with Gasteiger partial charge in [-0.1, -0.05) is 26.2 Å². The Bertz CT molecular complexity index is 390. The van der Waals surface area contributed by atoms with Crippen LogP contribution in [-0.4, -0.2) is 86.1 Å². The normalized spacial score (nSPS) is 32.3. The third-order valence-electron chi connectivity index (χ3n) is 4.25. The molecule has 1 aliphatic heterocycles. The molecule has 1 rings (SSSR count). The van der Waals surface area contributed by atoms with Crippen LogP contribution in [-0.2, 0) is 14.3 Å². The number of ether oxygens (including phenoxy) is 2. The van der Waals surface area contributed by atoms with Crippen LogP contribution < -0.4 is 0 Å². The molecule has 1 saturated heterocycles. The highest BCUT2D eigenvalue weighted by atomic mass is 16.7. The lowest BCUT2D eigenvalue weighted by Gasteiger charge is -2.40. The van der Waals surface area contributed by atoms with Gasteiger partial charge >= 0.3 is 5.97 Å². The van der Waals surface area contributed by atoms with Gasteiger partial charge in [-0.05, 0) is 6.42 Å². The summed E-state index contributed by atoms with van der Waals surface area (Å²) in [5, 5.41) is 57.7. The van der Waals surface area contributed by atoms with Crippen molar-refractivity contribution in [1.29, 1.82) is 0 Å². The summed E-state index contributed by atoms with van der Waals surface area (Å²) in [7, 11) is 0. The van der Waals surface area contributed by atoms with Crippen LogP contribution >= 0.6 is 0 Å². The number of hydrogen-bond donors (Lipinski definition) is 6. The topological polar surface area (TPSA) is 157 Å². The second-order valence-corrected chi connectivity index (χ2v) is 6.44. The lowest BCUT2D eigenvalue weighted by atomic mass is 9.99. The summed E-state index contributed by atoms with van der Waals surface area (Å²) in [6.45, 7) is 1.43. The fourth-order valence-electron chi connectivity index (χ4n) is 2.80. The van der Waals surface area contributed by atoms with Crippen LogP contribution in [0.5, 0.6) is 0 Å². The number of unbranched alkanes of at least 4 members (excludes halogenated alkanes) is 2. The van der Waals surface area contributed by atoms with Crippen LogP contribution in [0.2, 0.25) is 0 Å². The molecule has 0 radical (unpaired) electrons. The highest BCUT2D eigenvalue weighted by Crippen LogP contribution is 2.25. The predicted molar refractivity (Wildman–Crippen MR) is 85.7 cm³/mol. The minimum atomic E-state index is -1.61. The van der Waals surface area contributed by atoms with E-state index in [1.54, 1.807) is 0 Å². The van der Waals surface area contributed by atoms with E-state index < -0.39 is 61.9 Å². The standard InChI is InChI=1S/C16H30O9/c1-2-3-4-5-9(18)6-10(7-12(19)20)24-16-15(23)14(22)13(21)11(8-17)25-16/h9-11,13-18,21-23H,2-8H2,1H3,(H,19,20)/t9-,10-,11+,13-,14-,15-,16+/m1/s1. The van der Waals surface area contributed by atoms with E-state index in [1.165, 1.54) is 0 Å². The van der Waals surface area contributed by atoms with Crippen molar-refractivity contribution >= 4 is 5.97 Å². The van der Waals surface area contributed by atoms with E-state index in [0.717, 1.165) is 19.3 Å². The quantitative estimate of drug-likeness (QED) is 0.252. The number of carbonyl (C=O) groups is 1. The third kappa shape index (κ3) is 7.14. The molecular formula is C16H30O9. The molecule has 9 heteroatoms. The Hall–Kier alpha value is -0.810. The molecule has 7 atom stereocenters. The fourth-order valence-corrected chi connectivity index (χ4v) is 2.80. The number of carboxylic acid groups (broad SMARTS) is 1.